The number of nitrogens with two attached hydrogens (primary N) is 1. The molecule has 0 aliphatic rings. The van der Waals surface area contributed by atoms with E-state index in [1.165, 1.54) is 0 Å². The van der Waals surface area contributed by atoms with E-state index in [2.05, 4.69) is 0 Å². The van der Waals surface area contributed by atoms with Crippen LogP contribution in [0.2, 0.25) is 0 Å². The minimum atomic E-state index is -4.51. The maximum Gasteiger partial charge on any atom is 0.405 e. The highest BCUT2D eigenvalue weighted by molar-refractivity contribution is 7.90. The fraction of sp³-hybridized carbons (Fsp3) is 0.857. The van der Waals surface area contributed by atoms with Gasteiger partial charge >= 0.3 is 6.18 Å². The normalized spacial score (nSPS) is 14.6. The number of alkyl halides is 3. The predicted molar refractivity (Wildman–Crippen MR) is 51.4 cm³/mol. The van der Waals surface area contributed by atoms with E-state index >= 15 is 0 Å². The van der Waals surface area contributed by atoms with Gasteiger partial charge in [0, 0.05) is 6.26 Å². The molecule has 1 amide bonds. The highest BCUT2D eigenvalue weighted by atomic mass is 32.2. The highest BCUT2D eigenvalue weighted by Crippen LogP contribution is 2.12. The van der Waals surface area contributed by atoms with Gasteiger partial charge in [0.15, 0.2) is 0 Å². The Morgan fingerprint density at radius 1 is 1.44 bits per heavy atom. The van der Waals surface area contributed by atoms with E-state index in [0.717, 1.165) is 6.26 Å². The summed E-state index contributed by atoms with van der Waals surface area (Å²) < 4.78 is 56.5. The van der Waals surface area contributed by atoms with Gasteiger partial charge in [0.2, 0.25) is 5.91 Å². The van der Waals surface area contributed by atoms with Gasteiger partial charge in [0.05, 0.1) is 11.8 Å². The molecule has 0 aromatic carbocycles. The van der Waals surface area contributed by atoms with Crippen molar-refractivity contribution in [1.82, 2.24) is 5.32 Å². The predicted octanol–water partition coefficient (Wildman–Crippen LogP) is -0.573. The number of sulfone groups is 1. The van der Waals surface area contributed by atoms with Gasteiger partial charge in [-0.05, 0) is 6.42 Å². The first kappa shape index (κ1) is 15.2. The number of carbonyl (C=O) groups is 1. The third kappa shape index (κ3) is 8.48. The van der Waals surface area contributed by atoms with Gasteiger partial charge < -0.3 is 11.1 Å². The van der Waals surface area contributed by atoms with Crippen molar-refractivity contribution in [1.29, 1.82) is 0 Å². The third-order valence-electron chi connectivity index (χ3n) is 1.60. The van der Waals surface area contributed by atoms with Crippen LogP contribution in [0, 0.1) is 0 Å². The summed E-state index contributed by atoms with van der Waals surface area (Å²) in [5.41, 5.74) is 5.21. The van der Waals surface area contributed by atoms with Crippen molar-refractivity contribution in [2.45, 2.75) is 18.6 Å². The lowest BCUT2D eigenvalue weighted by molar-refractivity contribution is -0.139. The van der Waals surface area contributed by atoms with Crippen LogP contribution < -0.4 is 11.1 Å². The molecular weight excluding hydrogens is 249 g/mol. The van der Waals surface area contributed by atoms with E-state index in [4.69, 9.17) is 5.73 Å². The van der Waals surface area contributed by atoms with Crippen LogP contribution in [-0.2, 0) is 14.6 Å². The number of carbonyl (C=O) groups excluding carboxylic acids is 1. The molecule has 0 aromatic heterocycles. The molecule has 1 atom stereocenters. The zero-order valence-corrected chi connectivity index (χ0v) is 9.36. The van der Waals surface area contributed by atoms with Crippen molar-refractivity contribution in [3.05, 3.63) is 0 Å². The fourth-order valence-electron chi connectivity index (χ4n) is 0.791. The maximum absolute atomic E-state index is 11.7. The zero-order chi connectivity index (χ0) is 13.0. The standard InChI is InChI=1S/C7H13F3N2O3S/c1-16(14,15)3-2-5(11)6(13)12-4-7(8,9)10/h5H,2-4,11H2,1H3,(H,12,13). The second kappa shape index (κ2) is 5.48. The Kier molecular flexibility index (Phi) is 5.20. The van der Waals surface area contributed by atoms with Gasteiger partial charge in [0.25, 0.3) is 0 Å². The first-order valence-electron chi connectivity index (χ1n) is 4.29. The SMILES string of the molecule is CS(=O)(=O)CCC(N)C(=O)NCC(F)(F)F. The Morgan fingerprint density at radius 3 is 2.31 bits per heavy atom. The van der Waals surface area contributed by atoms with E-state index in [1.807, 2.05) is 0 Å². The number of halogens is 3. The smallest absolute Gasteiger partial charge is 0.346 e. The first-order chi connectivity index (χ1) is 7.01. The molecule has 9 heteroatoms. The number of nitrogens with one attached hydrogen (secondary N) is 1. The molecule has 0 spiro atoms. The Hall–Kier alpha value is -0.830. The van der Waals surface area contributed by atoms with Crippen molar-refractivity contribution >= 4 is 15.7 Å². The molecule has 3 N–H and O–H groups in total. The lowest BCUT2D eigenvalue weighted by Gasteiger charge is -2.12. The molecule has 0 aromatic rings. The second-order valence-electron chi connectivity index (χ2n) is 3.36. The van der Waals surface area contributed by atoms with Gasteiger partial charge in [-0.25, -0.2) is 8.42 Å². The van der Waals surface area contributed by atoms with Crippen LogP contribution in [0.5, 0.6) is 0 Å². The minimum Gasteiger partial charge on any atom is -0.346 e. The summed E-state index contributed by atoms with van der Waals surface area (Å²) in [6.45, 7) is -1.47. The maximum atomic E-state index is 11.7. The Labute approximate surface area is 91.1 Å². The quantitative estimate of drug-likeness (QED) is 0.694. The molecule has 16 heavy (non-hydrogen) atoms. The van der Waals surface area contributed by atoms with Crippen molar-refractivity contribution in [2.24, 2.45) is 5.73 Å². The minimum absolute atomic E-state index is 0.206. The molecule has 0 rings (SSSR count). The number of hydrogen-bond donors (Lipinski definition) is 2. The lowest BCUT2D eigenvalue weighted by atomic mass is 10.2. The van der Waals surface area contributed by atoms with Gasteiger partial charge in [-0.1, -0.05) is 0 Å². The zero-order valence-electron chi connectivity index (χ0n) is 8.54. The first-order valence-corrected chi connectivity index (χ1v) is 6.35. The van der Waals surface area contributed by atoms with Crippen LogP contribution in [0.15, 0.2) is 0 Å². The van der Waals surface area contributed by atoms with Crippen LogP contribution >= 0.6 is 0 Å². The van der Waals surface area contributed by atoms with E-state index in [9.17, 15) is 26.4 Å². The summed E-state index contributed by atoms with van der Waals surface area (Å²) in [4.78, 5) is 11.0. The van der Waals surface area contributed by atoms with Crippen molar-refractivity contribution < 1.29 is 26.4 Å². The summed E-state index contributed by atoms with van der Waals surface area (Å²) in [7, 11) is -3.28. The molecule has 5 nitrogen and oxygen atoms in total. The molecule has 0 saturated heterocycles. The summed E-state index contributed by atoms with van der Waals surface area (Å²) in [6, 6.07) is -1.25. The molecule has 0 aliphatic heterocycles. The molecule has 0 heterocycles. The van der Waals surface area contributed by atoms with Crippen LogP contribution in [0.3, 0.4) is 0 Å². The van der Waals surface area contributed by atoms with Crippen molar-refractivity contribution in [3.8, 4) is 0 Å². The Morgan fingerprint density at radius 2 is 1.94 bits per heavy atom. The van der Waals surface area contributed by atoms with Gasteiger partial charge in [-0.2, -0.15) is 13.2 Å². The molecule has 0 saturated carbocycles. The molecule has 96 valence electrons. The number of amides is 1. The Balaban J connectivity index is 4.01. The van der Waals surface area contributed by atoms with E-state index in [-0.39, 0.29) is 12.2 Å². The monoisotopic (exact) mass is 262 g/mol. The third-order valence-corrected chi connectivity index (χ3v) is 2.58. The number of hydrogen-bond acceptors (Lipinski definition) is 4. The van der Waals surface area contributed by atoms with Gasteiger partial charge in [0.1, 0.15) is 16.4 Å². The Bertz CT molecular complexity index is 339. The molecule has 0 fully saturated rings. The topological polar surface area (TPSA) is 89.3 Å². The van der Waals surface area contributed by atoms with Crippen LogP contribution in [0.25, 0.3) is 0 Å². The summed E-state index contributed by atoms with van der Waals surface area (Å²) in [5.74, 6) is -1.35. The van der Waals surface area contributed by atoms with E-state index in [0.29, 0.717) is 0 Å². The second-order valence-corrected chi connectivity index (χ2v) is 5.62. The molecule has 0 bridgehead atoms. The highest BCUT2D eigenvalue weighted by Gasteiger charge is 2.28. The average molecular weight is 262 g/mol. The van der Waals surface area contributed by atoms with Gasteiger partial charge in [-0.15, -0.1) is 0 Å². The van der Waals surface area contributed by atoms with E-state index in [1.54, 1.807) is 5.32 Å². The average Bonchev–Trinajstić information content (AvgIpc) is 2.07. The van der Waals surface area contributed by atoms with Gasteiger partial charge in [-0.3, -0.25) is 4.79 Å². The van der Waals surface area contributed by atoms with E-state index < -0.39 is 34.5 Å². The van der Waals surface area contributed by atoms with Crippen molar-refractivity contribution in [2.75, 3.05) is 18.6 Å². The number of rotatable bonds is 5. The molecule has 0 aliphatic carbocycles. The van der Waals surface area contributed by atoms with Crippen LogP contribution in [0.4, 0.5) is 13.2 Å². The lowest BCUT2D eigenvalue weighted by Crippen LogP contribution is -2.44. The molecule has 1 unspecified atom stereocenters. The summed E-state index contributed by atoms with van der Waals surface area (Å²) in [5, 5.41) is 1.57. The molecule has 0 radical (unpaired) electrons. The fourth-order valence-corrected chi connectivity index (χ4v) is 1.47. The largest absolute Gasteiger partial charge is 0.405 e. The van der Waals surface area contributed by atoms with Crippen LogP contribution in [0.1, 0.15) is 6.42 Å². The molecular formula is C7H13F3N2O3S. The summed E-state index contributed by atoms with van der Waals surface area (Å²) in [6.07, 6.45) is -3.76. The van der Waals surface area contributed by atoms with Crippen LogP contribution in [-0.4, -0.2) is 45.1 Å². The summed E-state index contributed by atoms with van der Waals surface area (Å²) >= 11 is 0. The van der Waals surface area contributed by atoms with Crippen molar-refractivity contribution in [3.63, 3.8) is 0 Å².